The number of hydrogen-bond acceptors (Lipinski definition) is 4. The van der Waals surface area contributed by atoms with Crippen molar-refractivity contribution < 1.29 is 14.1 Å². The van der Waals surface area contributed by atoms with E-state index >= 15 is 0 Å². The maximum atomic E-state index is 11.4. The van der Waals surface area contributed by atoms with Gasteiger partial charge in [-0.3, -0.25) is 4.21 Å². The Morgan fingerprint density at radius 3 is 2.16 bits per heavy atom. The van der Waals surface area contributed by atoms with E-state index in [0.717, 1.165) is 21.6 Å². The predicted molar refractivity (Wildman–Crippen MR) is 96.5 cm³/mol. The zero-order valence-electron chi connectivity index (χ0n) is 13.3. The lowest BCUT2D eigenvalue weighted by Crippen LogP contribution is -1.98. The topological polar surface area (TPSA) is 95.9 Å². The number of carboxylic acids is 1. The van der Waals surface area contributed by atoms with Gasteiger partial charge in [-0.2, -0.15) is 10.3 Å². The Morgan fingerprint density at radius 1 is 1.00 bits per heavy atom. The van der Waals surface area contributed by atoms with Gasteiger partial charge in [-0.1, -0.05) is 42.5 Å². The normalized spacial score (nSPS) is 12.4. The number of nitrogens with one attached hydrogen (secondary N) is 1. The standard InChI is InChI=1S/C18H15N3O3S/c1-25(24)15-9-7-14(8-10-15)13-5-2-12(3-6-13)4-11-16-17(18(22)23)20-21-19-16/h2-11H,1H3,(H,22,23)(H,19,20,21)/b11-4+. The third kappa shape index (κ3) is 3.89. The second-order valence-corrected chi connectivity index (χ2v) is 6.68. The molecule has 126 valence electrons. The maximum absolute atomic E-state index is 11.4. The first-order valence-corrected chi connectivity index (χ1v) is 8.96. The predicted octanol–water partition coefficient (Wildman–Crippen LogP) is 3.08. The minimum Gasteiger partial charge on any atom is -0.476 e. The molecule has 3 aromatic rings. The number of aromatic nitrogens is 3. The molecule has 1 unspecified atom stereocenters. The van der Waals surface area contributed by atoms with Crippen molar-refractivity contribution in [2.75, 3.05) is 6.26 Å². The highest BCUT2D eigenvalue weighted by molar-refractivity contribution is 7.84. The molecule has 7 heteroatoms. The van der Waals surface area contributed by atoms with E-state index in [1.165, 1.54) is 0 Å². The fourth-order valence-electron chi connectivity index (χ4n) is 2.31. The summed E-state index contributed by atoms with van der Waals surface area (Å²) in [6.45, 7) is 0. The smallest absolute Gasteiger partial charge is 0.358 e. The molecule has 0 saturated heterocycles. The van der Waals surface area contributed by atoms with Crippen LogP contribution in [0.1, 0.15) is 21.7 Å². The van der Waals surface area contributed by atoms with E-state index in [0.29, 0.717) is 0 Å². The number of carbonyl (C=O) groups is 1. The van der Waals surface area contributed by atoms with Crippen LogP contribution in [-0.2, 0) is 10.8 Å². The molecule has 0 amide bonds. The van der Waals surface area contributed by atoms with Crippen LogP contribution < -0.4 is 0 Å². The highest BCUT2D eigenvalue weighted by Crippen LogP contribution is 2.22. The third-order valence-electron chi connectivity index (χ3n) is 3.64. The molecular weight excluding hydrogens is 338 g/mol. The van der Waals surface area contributed by atoms with Crippen LogP contribution in [0.25, 0.3) is 23.3 Å². The largest absolute Gasteiger partial charge is 0.476 e. The molecule has 0 fully saturated rings. The highest BCUT2D eigenvalue weighted by Gasteiger charge is 2.12. The molecule has 6 nitrogen and oxygen atoms in total. The number of nitrogens with zero attached hydrogens (tertiary/aromatic N) is 2. The van der Waals surface area contributed by atoms with Gasteiger partial charge >= 0.3 is 5.97 Å². The van der Waals surface area contributed by atoms with Crippen LogP contribution in [0.2, 0.25) is 0 Å². The minimum absolute atomic E-state index is 0.110. The van der Waals surface area contributed by atoms with E-state index < -0.39 is 16.8 Å². The van der Waals surface area contributed by atoms with Gasteiger partial charge in [-0.05, 0) is 34.9 Å². The Labute approximate surface area is 146 Å². The summed E-state index contributed by atoms with van der Waals surface area (Å²) in [6, 6.07) is 15.4. The summed E-state index contributed by atoms with van der Waals surface area (Å²) in [5.41, 5.74) is 3.16. The highest BCUT2D eigenvalue weighted by atomic mass is 32.2. The molecule has 0 aliphatic carbocycles. The molecule has 1 aromatic heterocycles. The Bertz CT molecular complexity index is 944. The quantitative estimate of drug-likeness (QED) is 0.735. The van der Waals surface area contributed by atoms with Crippen molar-refractivity contribution in [1.29, 1.82) is 0 Å². The number of carboxylic acid groups (broad SMARTS) is 1. The molecule has 0 aliphatic rings. The number of hydrogen-bond donors (Lipinski definition) is 2. The van der Waals surface area contributed by atoms with Crippen molar-refractivity contribution in [3.05, 3.63) is 65.5 Å². The van der Waals surface area contributed by atoms with Crippen molar-refractivity contribution in [3.8, 4) is 11.1 Å². The number of rotatable bonds is 5. The van der Waals surface area contributed by atoms with Crippen molar-refractivity contribution in [2.24, 2.45) is 0 Å². The maximum Gasteiger partial charge on any atom is 0.358 e. The monoisotopic (exact) mass is 353 g/mol. The number of H-pyrrole nitrogens is 1. The molecule has 0 radical (unpaired) electrons. The second-order valence-electron chi connectivity index (χ2n) is 5.30. The van der Waals surface area contributed by atoms with Crippen LogP contribution >= 0.6 is 0 Å². The summed E-state index contributed by atoms with van der Waals surface area (Å²) in [7, 11) is -0.985. The lowest BCUT2D eigenvalue weighted by atomic mass is 10.0. The van der Waals surface area contributed by atoms with Gasteiger partial charge in [0.2, 0.25) is 0 Å². The number of aromatic amines is 1. The van der Waals surface area contributed by atoms with Gasteiger partial charge in [-0.25, -0.2) is 4.79 Å². The van der Waals surface area contributed by atoms with E-state index in [9.17, 15) is 9.00 Å². The first kappa shape index (κ1) is 16.8. The van der Waals surface area contributed by atoms with E-state index in [2.05, 4.69) is 15.4 Å². The first-order chi connectivity index (χ1) is 12.0. The van der Waals surface area contributed by atoms with Crippen molar-refractivity contribution >= 4 is 28.9 Å². The SMILES string of the molecule is CS(=O)c1ccc(-c2ccc(/C=C/c3n[nH]nc3C(=O)O)cc2)cc1. The number of aromatic carboxylic acids is 1. The van der Waals surface area contributed by atoms with E-state index in [4.69, 9.17) is 5.11 Å². The van der Waals surface area contributed by atoms with Gasteiger partial charge in [0, 0.05) is 22.0 Å². The molecule has 0 saturated carbocycles. The average Bonchev–Trinajstić information content (AvgIpc) is 3.09. The van der Waals surface area contributed by atoms with Gasteiger partial charge in [0.1, 0.15) is 5.69 Å². The first-order valence-electron chi connectivity index (χ1n) is 7.40. The fraction of sp³-hybridized carbons (Fsp3) is 0.0556. The van der Waals surface area contributed by atoms with Crippen LogP contribution in [0.3, 0.4) is 0 Å². The average molecular weight is 353 g/mol. The van der Waals surface area contributed by atoms with Crippen molar-refractivity contribution in [1.82, 2.24) is 15.4 Å². The van der Waals surface area contributed by atoms with Crippen LogP contribution in [-0.4, -0.2) is 37.0 Å². The van der Waals surface area contributed by atoms with Gasteiger partial charge in [0.15, 0.2) is 5.69 Å². The van der Waals surface area contributed by atoms with Crippen LogP contribution in [0.5, 0.6) is 0 Å². The number of benzene rings is 2. The van der Waals surface area contributed by atoms with Gasteiger partial charge in [0.25, 0.3) is 0 Å². The summed E-state index contributed by atoms with van der Waals surface area (Å²) in [4.78, 5) is 11.8. The van der Waals surface area contributed by atoms with Gasteiger partial charge in [-0.15, -0.1) is 5.10 Å². The van der Waals surface area contributed by atoms with Crippen molar-refractivity contribution in [2.45, 2.75) is 4.90 Å². The Hall–Kier alpha value is -3.06. The molecule has 2 aromatic carbocycles. The van der Waals surface area contributed by atoms with E-state index in [1.807, 2.05) is 48.5 Å². The molecule has 0 aliphatic heterocycles. The lowest BCUT2D eigenvalue weighted by molar-refractivity contribution is 0.0690. The van der Waals surface area contributed by atoms with E-state index in [1.54, 1.807) is 18.4 Å². The van der Waals surface area contributed by atoms with Crippen LogP contribution in [0.15, 0.2) is 53.4 Å². The molecular formula is C18H15N3O3S. The molecule has 1 heterocycles. The molecule has 0 bridgehead atoms. The van der Waals surface area contributed by atoms with Crippen molar-refractivity contribution in [3.63, 3.8) is 0 Å². The molecule has 25 heavy (non-hydrogen) atoms. The summed E-state index contributed by atoms with van der Waals surface area (Å²) >= 11 is 0. The Morgan fingerprint density at radius 2 is 1.60 bits per heavy atom. The summed E-state index contributed by atoms with van der Waals surface area (Å²) in [5, 5.41) is 18.7. The molecule has 2 N–H and O–H groups in total. The van der Waals surface area contributed by atoms with Crippen LogP contribution in [0, 0.1) is 0 Å². The Kier molecular flexibility index (Phi) is 4.85. The third-order valence-corrected chi connectivity index (χ3v) is 4.58. The summed E-state index contributed by atoms with van der Waals surface area (Å²) < 4.78 is 11.4. The second kappa shape index (κ2) is 7.23. The zero-order chi connectivity index (χ0) is 17.8. The fourth-order valence-corrected chi connectivity index (χ4v) is 2.83. The van der Waals surface area contributed by atoms with Crippen LogP contribution in [0.4, 0.5) is 0 Å². The van der Waals surface area contributed by atoms with E-state index in [-0.39, 0.29) is 11.4 Å². The lowest BCUT2D eigenvalue weighted by Gasteiger charge is -2.03. The molecule has 0 spiro atoms. The van der Waals surface area contributed by atoms with Gasteiger partial charge in [0.05, 0.1) is 0 Å². The van der Waals surface area contributed by atoms with Gasteiger partial charge < -0.3 is 5.11 Å². The molecule has 1 atom stereocenters. The minimum atomic E-state index is -1.12. The summed E-state index contributed by atoms with van der Waals surface area (Å²) in [5.74, 6) is -1.12. The Balaban J connectivity index is 1.78. The zero-order valence-corrected chi connectivity index (χ0v) is 14.2. The summed E-state index contributed by atoms with van der Waals surface area (Å²) in [6.07, 6.45) is 5.03. The molecule has 3 rings (SSSR count).